The number of imidazole rings is 1. The molecule has 0 saturated heterocycles. The van der Waals surface area contributed by atoms with Gasteiger partial charge < -0.3 is 4.40 Å². The maximum absolute atomic E-state index is 4.41. The van der Waals surface area contributed by atoms with Crippen molar-refractivity contribution in [2.24, 2.45) is 0 Å². The van der Waals surface area contributed by atoms with Crippen molar-refractivity contribution < 1.29 is 0 Å². The van der Waals surface area contributed by atoms with Gasteiger partial charge in [0.15, 0.2) is 0 Å². The molecule has 0 fully saturated rings. The third-order valence-corrected chi connectivity index (χ3v) is 2.48. The molecule has 0 aliphatic carbocycles. The standard InChI is InChI=1S/C11H14N2/c1-4-10-7-12-11-8(2)5-6-9(3)13(10)11/h5-7H,4H2,1-3H3. The Bertz CT molecular complexity index is 441. The fourth-order valence-corrected chi connectivity index (χ4v) is 1.70. The molecule has 0 amide bonds. The first-order valence-corrected chi connectivity index (χ1v) is 4.66. The molecule has 2 heterocycles. The molecule has 0 radical (unpaired) electrons. The third kappa shape index (κ3) is 1.13. The van der Waals surface area contributed by atoms with Crippen LogP contribution in [0.5, 0.6) is 0 Å². The van der Waals surface area contributed by atoms with Crippen LogP contribution in [0.4, 0.5) is 0 Å². The van der Waals surface area contributed by atoms with Crippen LogP contribution in [-0.2, 0) is 6.42 Å². The van der Waals surface area contributed by atoms with Crippen LogP contribution >= 0.6 is 0 Å². The van der Waals surface area contributed by atoms with E-state index in [9.17, 15) is 0 Å². The highest BCUT2D eigenvalue weighted by Crippen LogP contribution is 2.14. The lowest BCUT2D eigenvalue weighted by atomic mass is 10.2. The number of hydrogen-bond acceptors (Lipinski definition) is 1. The second kappa shape index (κ2) is 2.87. The van der Waals surface area contributed by atoms with E-state index < -0.39 is 0 Å². The zero-order valence-electron chi connectivity index (χ0n) is 8.33. The number of fused-ring (bicyclic) bond motifs is 1. The number of rotatable bonds is 1. The number of hydrogen-bond donors (Lipinski definition) is 0. The third-order valence-electron chi connectivity index (χ3n) is 2.48. The molecular weight excluding hydrogens is 160 g/mol. The van der Waals surface area contributed by atoms with Crippen LogP contribution in [0, 0.1) is 13.8 Å². The predicted octanol–water partition coefficient (Wildman–Crippen LogP) is 2.51. The number of aryl methyl sites for hydroxylation is 3. The molecule has 0 bridgehead atoms. The highest BCUT2D eigenvalue weighted by atomic mass is 15.0. The van der Waals surface area contributed by atoms with Crippen molar-refractivity contribution in [3.8, 4) is 0 Å². The second-order valence-corrected chi connectivity index (χ2v) is 3.42. The van der Waals surface area contributed by atoms with E-state index in [-0.39, 0.29) is 0 Å². The predicted molar refractivity (Wildman–Crippen MR) is 54.0 cm³/mol. The largest absolute Gasteiger partial charge is 0.301 e. The van der Waals surface area contributed by atoms with Gasteiger partial charge in [-0.15, -0.1) is 0 Å². The molecule has 0 spiro atoms. The van der Waals surface area contributed by atoms with Crippen LogP contribution in [0.25, 0.3) is 5.65 Å². The maximum atomic E-state index is 4.41. The van der Waals surface area contributed by atoms with E-state index in [0.717, 1.165) is 12.1 Å². The highest BCUT2D eigenvalue weighted by Gasteiger charge is 2.05. The van der Waals surface area contributed by atoms with E-state index in [0.29, 0.717) is 0 Å². The summed E-state index contributed by atoms with van der Waals surface area (Å²) in [4.78, 5) is 4.41. The first kappa shape index (κ1) is 8.30. The molecule has 13 heavy (non-hydrogen) atoms. The van der Waals surface area contributed by atoms with Crippen molar-refractivity contribution in [3.05, 3.63) is 35.3 Å². The normalized spacial score (nSPS) is 11.0. The zero-order valence-corrected chi connectivity index (χ0v) is 8.33. The Morgan fingerprint density at radius 2 is 2.08 bits per heavy atom. The minimum Gasteiger partial charge on any atom is -0.301 e. The van der Waals surface area contributed by atoms with Crippen LogP contribution < -0.4 is 0 Å². The van der Waals surface area contributed by atoms with Crippen molar-refractivity contribution in [1.82, 2.24) is 9.38 Å². The van der Waals surface area contributed by atoms with Crippen LogP contribution in [0.2, 0.25) is 0 Å². The van der Waals surface area contributed by atoms with Gasteiger partial charge in [0.2, 0.25) is 0 Å². The van der Waals surface area contributed by atoms with Crippen LogP contribution in [0.15, 0.2) is 18.3 Å². The summed E-state index contributed by atoms with van der Waals surface area (Å²) in [6, 6.07) is 4.26. The summed E-state index contributed by atoms with van der Waals surface area (Å²) < 4.78 is 2.23. The minimum atomic E-state index is 1.03. The molecule has 2 heteroatoms. The lowest BCUT2D eigenvalue weighted by Crippen LogP contribution is -1.96. The smallest absolute Gasteiger partial charge is 0.140 e. The molecule has 0 aliphatic rings. The number of pyridine rings is 1. The summed E-state index contributed by atoms with van der Waals surface area (Å²) in [7, 11) is 0. The fourth-order valence-electron chi connectivity index (χ4n) is 1.70. The van der Waals surface area contributed by atoms with Gasteiger partial charge in [0.25, 0.3) is 0 Å². The van der Waals surface area contributed by atoms with E-state index >= 15 is 0 Å². The average Bonchev–Trinajstić information content (AvgIpc) is 2.56. The molecule has 0 unspecified atom stereocenters. The van der Waals surface area contributed by atoms with Gasteiger partial charge in [-0.05, 0) is 31.9 Å². The Morgan fingerprint density at radius 1 is 1.31 bits per heavy atom. The lowest BCUT2D eigenvalue weighted by molar-refractivity contribution is 0.956. The molecule has 2 aromatic heterocycles. The molecule has 0 aromatic carbocycles. The van der Waals surface area contributed by atoms with Crippen molar-refractivity contribution in [2.75, 3.05) is 0 Å². The first-order valence-electron chi connectivity index (χ1n) is 4.66. The maximum Gasteiger partial charge on any atom is 0.140 e. The molecule has 2 rings (SSSR count). The van der Waals surface area contributed by atoms with E-state index in [1.807, 2.05) is 6.20 Å². The number of aromatic nitrogens is 2. The van der Waals surface area contributed by atoms with E-state index in [4.69, 9.17) is 0 Å². The van der Waals surface area contributed by atoms with Gasteiger partial charge in [-0.2, -0.15) is 0 Å². The first-order chi connectivity index (χ1) is 6.24. The van der Waals surface area contributed by atoms with Gasteiger partial charge in [-0.1, -0.05) is 13.0 Å². The Balaban J connectivity index is 2.87. The molecule has 0 N–H and O–H groups in total. The quantitative estimate of drug-likeness (QED) is 0.649. The SMILES string of the molecule is CCc1cnc2c(C)ccc(C)n12. The molecule has 0 atom stereocenters. The average molecular weight is 174 g/mol. The van der Waals surface area contributed by atoms with E-state index in [2.05, 4.69) is 42.3 Å². The molecule has 0 aliphatic heterocycles. The Labute approximate surface area is 78.2 Å². The highest BCUT2D eigenvalue weighted by molar-refractivity contribution is 5.49. The van der Waals surface area contributed by atoms with Gasteiger partial charge in [0.1, 0.15) is 5.65 Å². The molecule has 2 aromatic rings. The molecule has 2 nitrogen and oxygen atoms in total. The van der Waals surface area contributed by atoms with Crippen LogP contribution in [0.3, 0.4) is 0 Å². The molecule has 0 saturated carbocycles. The lowest BCUT2D eigenvalue weighted by Gasteiger charge is -2.04. The summed E-state index contributed by atoms with van der Waals surface area (Å²) in [5.41, 5.74) is 4.88. The summed E-state index contributed by atoms with van der Waals surface area (Å²) in [6.07, 6.45) is 3.00. The van der Waals surface area contributed by atoms with Crippen molar-refractivity contribution in [2.45, 2.75) is 27.2 Å². The summed E-state index contributed by atoms with van der Waals surface area (Å²) in [5, 5.41) is 0. The second-order valence-electron chi connectivity index (χ2n) is 3.42. The van der Waals surface area contributed by atoms with E-state index in [1.165, 1.54) is 17.0 Å². The summed E-state index contributed by atoms with van der Waals surface area (Å²) in [6.45, 7) is 6.37. The monoisotopic (exact) mass is 174 g/mol. The topological polar surface area (TPSA) is 17.3 Å². The van der Waals surface area contributed by atoms with Gasteiger partial charge in [-0.3, -0.25) is 0 Å². The molecular formula is C11H14N2. The Morgan fingerprint density at radius 3 is 2.77 bits per heavy atom. The van der Waals surface area contributed by atoms with Gasteiger partial charge in [-0.25, -0.2) is 4.98 Å². The fraction of sp³-hybridized carbons (Fsp3) is 0.364. The van der Waals surface area contributed by atoms with Gasteiger partial charge in [0.05, 0.1) is 0 Å². The zero-order chi connectivity index (χ0) is 9.42. The van der Waals surface area contributed by atoms with Gasteiger partial charge >= 0.3 is 0 Å². The van der Waals surface area contributed by atoms with Crippen molar-refractivity contribution in [3.63, 3.8) is 0 Å². The van der Waals surface area contributed by atoms with E-state index in [1.54, 1.807) is 0 Å². The summed E-state index contributed by atoms with van der Waals surface area (Å²) >= 11 is 0. The summed E-state index contributed by atoms with van der Waals surface area (Å²) in [5.74, 6) is 0. The minimum absolute atomic E-state index is 1.03. The Hall–Kier alpha value is -1.31. The molecule has 68 valence electrons. The van der Waals surface area contributed by atoms with Gasteiger partial charge in [0, 0.05) is 17.6 Å². The van der Waals surface area contributed by atoms with Crippen molar-refractivity contribution >= 4 is 5.65 Å². The van der Waals surface area contributed by atoms with Crippen LogP contribution in [-0.4, -0.2) is 9.38 Å². The number of nitrogens with zero attached hydrogens (tertiary/aromatic N) is 2. The van der Waals surface area contributed by atoms with Crippen LogP contribution in [0.1, 0.15) is 23.9 Å². The Kier molecular flexibility index (Phi) is 1.83. The van der Waals surface area contributed by atoms with Crippen molar-refractivity contribution in [1.29, 1.82) is 0 Å².